The topological polar surface area (TPSA) is 41.1 Å². The number of rotatable bonds is 2. The first-order valence-electron chi connectivity index (χ1n) is 5.47. The largest absolute Gasteiger partial charge is 0.325 e. The van der Waals surface area contributed by atoms with Crippen LogP contribution in [0.4, 0.5) is 5.69 Å². The lowest BCUT2D eigenvalue weighted by Crippen LogP contribution is -2.35. The molecule has 0 bridgehead atoms. The van der Waals surface area contributed by atoms with Crippen molar-refractivity contribution in [2.24, 2.45) is 0 Å². The molecule has 17 heavy (non-hydrogen) atoms. The van der Waals surface area contributed by atoms with Crippen molar-refractivity contribution in [1.29, 1.82) is 0 Å². The van der Waals surface area contributed by atoms with Crippen molar-refractivity contribution in [2.45, 2.75) is 25.8 Å². The van der Waals surface area contributed by atoms with Gasteiger partial charge in [0.1, 0.15) is 0 Å². The summed E-state index contributed by atoms with van der Waals surface area (Å²) in [5, 5.41) is 6.13. The predicted octanol–water partition coefficient (Wildman–Crippen LogP) is 2.71. The third-order valence-electron chi connectivity index (χ3n) is 2.82. The number of amides is 1. The molecular formula is C12H16ClIN2O. The van der Waals surface area contributed by atoms with E-state index in [1.165, 1.54) is 9.13 Å². The van der Waals surface area contributed by atoms with Crippen molar-refractivity contribution in [3.8, 4) is 0 Å². The molecule has 1 amide bonds. The number of halogens is 2. The van der Waals surface area contributed by atoms with Crippen LogP contribution in [0.25, 0.3) is 0 Å². The molecule has 0 aromatic heterocycles. The number of carbonyl (C=O) groups excluding carboxylic acids is 1. The molecular weight excluding hydrogens is 351 g/mol. The van der Waals surface area contributed by atoms with Crippen LogP contribution in [0.3, 0.4) is 0 Å². The summed E-state index contributed by atoms with van der Waals surface area (Å²) < 4.78 is 1.18. The van der Waals surface area contributed by atoms with Crippen molar-refractivity contribution >= 4 is 46.6 Å². The molecule has 5 heteroatoms. The molecule has 0 saturated carbocycles. The van der Waals surface area contributed by atoms with Crippen LogP contribution in [0.2, 0.25) is 0 Å². The van der Waals surface area contributed by atoms with E-state index in [-0.39, 0.29) is 24.4 Å². The molecule has 2 N–H and O–H groups in total. The van der Waals surface area contributed by atoms with Crippen LogP contribution in [-0.2, 0) is 4.79 Å². The second-order valence-corrected chi connectivity index (χ2v) is 5.26. The van der Waals surface area contributed by atoms with E-state index in [0.29, 0.717) is 0 Å². The SMILES string of the molecule is Cc1ccc(NC(=O)[C@@H]2CCCN2)cc1I.Cl. The Bertz CT molecular complexity index is 405. The predicted molar refractivity (Wildman–Crippen MR) is 80.8 cm³/mol. The van der Waals surface area contributed by atoms with Gasteiger partial charge >= 0.3 is 0 Å². The van der Waals surface area contributed by atoms with Gasteiger partial charge in [-0.2, -0.15) is 0 Å². The monoisotopic (exact) mass is 366 g/mol. The van der Waals surface area contributed by atoms with Crippen molar-refractivity contribution < 1.29 is 4.79 Å². The Morgan fingerprint density at radius 1 is 1.53 bits per heavy atom. The lowest BCUT2D eigenvalue weighted by atomic mass is 10.2. The smallest absolute Gasteiger partial charge is 0.241 e. The van der Waals surface area contributed by atoms with Crippen molar-refractivity contribution in [2.75, 3.05) is 11.9 Å². The van der Waals surface area contributed by atoms with E-state index >= 15 is 0 Å². The van der Waals surface area contributed by atoms with Crippen molar-refractivity contribution in [3.05, 3.63) is 27.3 Å². The highest BCUT2D eigenvalue weighted by molar-refractivity contribution is 14.1. The summed E-state index contributed by atoms with van der Waals surface area (Å²) in [5.74, 6) is 0.0807. The molecule has 0 aliphatic carbocycles. The van der Waals surface area contributed by atoms with E-state index in [9.17, 15) is 4.79 Å². The minimum Gasteiger partial charge on any atom is -0.325 e. The van der Waals surface area contributed by atoms with E-state index in [4.69, 9.17) is 0 Å². The average Bonchev–Trinajstić information content (AvgIpc) is 2.77. The lowest BCUT2D eigenvalue weighted by Gasteiger charge is -2.11. The first-order chi connectivity index (χ1) is 7.66. The molecule has 3 nitrogen and oxygen atoms in total. The number of anilines is 1. The van der Waals surface area contributed by atoms with E-state index in [0.717, 1.165) is 25.1 Å². The van der Waals surface area contributed by atoms with Crippen LogP contribution in [0.5, 0.6) is 0 Å². The van der Waals surface area contributed by atoms with Crippen LogP contribution in [0.1, 0.15) is 18.4 Å². The molecule has 0 spiro atoms. The van der Waals surface area contributed by atoms with Crippen LogP contribution in [-0.4, -0.2) is 18.5 Å². The first-order valence-corrected chi connectivity index (χ1v) is 6.55. The minimum atomic E-state index is -0.0148. The maximum absolute atomic E-state index is 11.8. The molecule has 94 valence electrons. The maximum atomic E-state index is 11.8. The van der Waals surface area contributed by atoms with Crippen LogP contribution in [0, 0.1) is 10.5 Å². The Morgan fingerprint density at radius 2 is 2.29 bits per heavy atom. The zero-order valence-electron chi connectivity index (χ0n) is 9.63. The van der Waals surface area contributed by atoms with E-state index in [2.05, 4.69) is 40.1 Å². The summed E-state index contributed by atoms with van der Waals surface area (Å²) in [6, 6.07) is 5.96. The van der Waals surface area contributed by atoms with Gasteiger partial charge in [0.05, 0.1) is 6.04 Å². The summed E-state index contributed by atoms with van der Waals surface area (Å²) in [4.78, 5) is 11.8. The molecule has 0 radical (unpaired) electrons. The zero-order chi connectivity index (χ0) is 11.5. The quantitative estimate of drug-likeness (QED) is 0.790. The van der Waals surface area contributed by atoms with Gasteiger partial charge in [0.2, 0.25) is 5.91 Å². The highest BCUT2D eigenvalue weighted by Crippen LogP contribution is 2.18. The van der Waals surface area contributed by atoms with Gasteiger partial charge in [0, 0.05) is 9.26 Å². The van der Waals surface area contributed by atoms with Gasteiger partial charge in [0.25, 0.3) is 0 Å². The van der Waals surface area contributed by atoms with E-state index < -0.39 is 0 Å². The minimum absolute atomic E-state index is 0. The summed E-state index contributed by atoms with van der Waals surface area (Å²) in [7, 11) is 0. The van der Waals surface area contributed by atoms with Gasteiger partial charge in [0.15, 0.2) is 0 Å². The van der Waals surface area contributed by atoms with E-state index in [1.54, 1.807) is 0 Å². The van der Waals surface area contributed by atoms with Crippen LogP contribution < -0.4 is 10.6 Å². The Morgan fingerprint density at radius 3 is 2.88 bits per heavy atom. The summed E-state index contributed by atoms with van der Waals surface area (Å²) in [6.45, 7) is 3.01. The molecule has 1 aromatic carbocycles. The molecule has 1 aliphatic rings. The standard InChI is InChI=1S/C12H15IN2O.ClH/c1-8-4-5-9(7-10(8)13)15-12(16)11-3-2-6-14-11;/h4-5,7,11,14H,2-3,6H2,1H3,(H,15,16);1H/t11-;/m0./s1. The third-order valence-corrected chi connectivity index (χ3v) is 3.98. The molecule has 1 aliphatic heterocycles. The summed E-state index contributed by atoms with van der Waals surface area (Å²) in [6.07, 6.45) is 2.03. The fourth-order valence-electron chi connectivity index (χ4n) is 1.81. The van der Waals surface area contributed by atoms with Crippen molar-refractivity contribution in [3.63, 3.8) is 0 Å². The molecule has 1 fully saturated rings. The molecule has 1 atom stereocenters. The normalized spacial score (nSPS) is 18.6. The van der Waals surface area contributed by atoms with Gasteiger partial charge in [-0.3, -0.25) is 4.79 Å². The maximum Gasteiger partial charge on any atom is 0.241 e. The zero-order valence-corrected chi connectivity index (χ0v) is 12.6. The summed E-state index contributed by atoms with van der Waals surface area (Å²) in [5.41, 5.74) is 2.12. The second-order valence-electron chi connectivity index (χ2n) is 4.10. The van der Waals surface area contributed by atoms with E-state index in [1.807, 2.05) is 18.2 Å². The summed E-state index contributed by atoms with van der Waals surface area (Å²) >= 11 is 2.28. The Balaban J connectivity index is 0.00000144. The highest BCUT2D eigenvalue weighted by atomic mass is 127. The fraction of sp³-hybridized carbons (Fsp3) is 0.417. The van der Waals surface area contributed by atoms with Gasteiger partial charge in [-0.15, -0.1) is 12.4 Å². The lowest BCUT2D eigenvalue weighted by molar-refractivity contribution is -0.117. The van der Waals surface area contributed by atoms with Crippen LogP contribution >= 0.6 is 35.0 Å². The van der Waals surface area contributed by atoms with Gasteiger partial charge in [-0.25, -0.2) is 0 Å². The molecule has 2 rings (SSSR count). The molecule has 0 unspecified atom stereocenters. The number of nitrogens with one attached hydrogen (secondary N) is 2. The average molecular weight is 367 g/mol. The Kier molecular flexibility index (Phi) is 5.69. The third kappa shape index (κ3) is 3.82. The molecule has 1 saturated heterocycles. The number of hydrogen-bond acceptors (Lipinski definition) is 2. The highest BCUT2D eigenvalue weighted by Gasteiger charge is 2.21. The fourth-order valence-corrected chi connectivity index (χ4v) is 2.32. The number of carbonyl (C=O) groups is 1. The Hall–Kier alpha value is -0.330. The van der Waals surface area contributed by atoms with Gasteiger partial charge in [-0.05, 0) is 66.6 Å². The number of hydrogen-bond donors (Lipinski definition) is 2. The second kappa shape index (κ2) is 6.56. The number of benzene rings is 1. The molecule has 1 heterocycles. The van der Waals surface area contributed by atoms with Gasteiger partial charge < -0.3 is 10.6 Å². The van der Waals surface area contributed by atoms with Gasteiger partial charge in [-0.1, -0.05) is 6.07 Å². The number of aryl methyl sites for hydroxylation is 1. The molecule has 1 aromatic rings. The Labute approximate surface area is 121 Å². The van der Waals surface area contributed by atoms with Crippen molar-refractivity contribution in [1.82, 2.24) is 5.32 Å². The van der Waals surface area contributed by atoms with Crippen LogP contribution in [0.15, 0.2) is 18.2 Å². The first kappa shape index (κ1) is 14.7.